The average molecular weight is 254 g/mol. The van der Waals surface area contributed by atoms with Crippen LogP contribution in [0.2, 0.25) is 0 Å². The Labute approximate surface area is 58.8 Å². The molecule has 8 heavy (non-hydrogen) atoms. The first-order chi connectivity index (χ1) is 3.25. The van der Waals surface area contributed by atoms with Gasteiger partial charge < -0.3 is 0 Å². The van der Waals surface area contributed by atoms with Crippen LogP contribution in [0.1, 0.15) is 0 Å². The van der Waals surface area contributed by atoms with E-state index in [0.29, 0.717) is 0 Å². The molecule has 0 saturated carbocycles. The molecule has 0 nitrogen and oxygen atoms in total. The van der Waals surface area contributed by atoms with Crippen molar-refractivity contribution in [2.75, 3.05) is 0 Å². The normalized spacial score (nSPS) is 16.2. The van der Waals surface area contributed by atoms with E-state index < -0.39 is 15.2 Å². The Morgan fingerprint density at radius 1 is 1.00 bits per heavy atom. The molecule has 0 radical (unpaired) electrons. The predicted octanol–water partition coefficient (Wildman–Crippen LogP) is 2.74. The first kappa shape index (κ1) is 9.18. The number of hydrogen-bond donors (Lipinski definition) is 0. The van der Waals surface area contributed by atoms with Crippen molar-refractivity contribution >= 4 is 40.4 Å². The predicted molar refractivity (Wildman–Crippen MR) is 29.4 cm³/mol. The fraction of sp³-hybridized carbons (Fsp3) is 1.00. The second kappa shape index (κ2) is 2.43. The van der Waals surface area contributed by atoms with Gasteiger partial charge in [0.2, 0.25) is 0 Å². The third kappa shape index (κ3) is 2.65. The van der Waals surface area contributed by atoms with E-state index in [1.54, 1.807) is 0 Å². The first-order valence-electron chi connectivity index (χ1n) is 1.23. The van der Waals surface area contributed by atoms with Gasteiger partial charge in [0.15, 0.2) is 0 Å². The molecule has 0 aromatic carbocycles. The van der Waals surface area contributed by atoms with E-state index in [4.69, 9.17) is 0 Å². The summed E-state index contributed by atoms with van der Waals surface area (Å²) in [7, 11) is 9.11. The van der Waals surface area contributed by atoms with Gasteiger partial charge in [0.05, 0.1) is 0 Å². The van der Waals surface area contributed by atoms with Crippen LogP contribution in [-0.2, 0) is 0 Å². The van der Waals surface area contributed by atoms with Crippen molar-refractivity contribution in [1.82, 2.24) is 0 Å². The molecule has 0 N–H and O–H groups in total. The summed E-state index contributed by atoms with van der Waals surface area (Å²) >= 11 is 0. The van der Waals surface area contributed by atoms with Gasteiger partial charge in [-0.15, -0.1) is 0 Å². The number of hydrogen-bond acceptors (Lipinski definition) is 0. The van der Waals surface area contributed by atoms with E-state index in [1.807, 2.05) is 0 Å². The Morgan fingerprint density at radius 3 is 1.12 bits per heavy atom. The fourth-order valence-electron chi connectivity index (χ4n) is 0. The van der Waals surface area contributed by atoms with E-state index in [9.17, 15) is 13.2 Å². The SMILES string of the molecule is FC(F)(F)[Se](Cl)(Cl)Cl. The molecule has 0 aliphatic heterocycles. The fourth-order valence-corrected chi connectivity index (χ4v) is 0. The van der Waals surface area contributed by atoms with Gasteiger partial charge >= 0.3 is 58.6 Å². The van der Waals surface area contributed by atoms with Gasteiger partial charge in [0.25, 0.3) is 0 Å². The zero-order valence-electron chi connectivity index (χ0n) is 3.18. The average Bonchev–Trinajstić information content (AvgIpc) is 1.25. The van der Waals surface area contributed by atoms with E-state index in [2.05, 4.69) is 30.3 Å². The summed E-state index contributed by atoms with van der Waals surface area (Å²) in [6.45, 7) is 0. The third-order valence-electron chi connectivity index (χ3n) is 0.262. The summed E-state index contributed by atoms with van der Waals surface area (Å²) in [5.41, 5.74) is 0. The molecule has 0 aliphatic rings. The Bertz CT molecular complexity index is 69.5. The standard InChI is InChI=1S/CCl3F3Se/c2-8(3,4)1(5,6)7. The third-order valence-corrected chi connectivity index (χ3v) is 4.09. The van der Waals surface area contributed by atoms with Crippen LogP contribution >= 0.6 is 30.3 Å². The van der Waals surface area contributed by atoms with Gasteiger partial charge in [-0.3, -0.25) is 0 Å². The second-order valence-electron chi connectivity index (χ2n) is 0.852. The molecule has 0 aromatic heterocycles. The zero-order chi connectivity index (χ0) is 7.00. The van der Waals surface area contributed by atoms with Crippen LogP contribution in [0.15, 0.2) is 0 Å². The van der Waals surface area contributed by atoms with Crippen LogP contribution in [0.5, 0.6) is 0 Å². The van der Waals surface area contributed by atoms with Crippen molar-refractivity contribution in [3.8, 4) is 0 Å². The second-order valence-corrected chi connectivity index (χ2v) is 13.2. The summed E-state index contributed by atoms with van der Waals surface area (Å²) in [4.78, 5) is 0. The first-order valence-corrected chi connectivity index (χ1v) is 8.84. The van der Waals surface area contributed by atoms with Crippen molar-refractivity contribution in [2.24, 2.45) is 0 Å². The molecule has 0 saturated heterocycles. The Kier molecular flexibility index (Phi) is 2.79. The van der Waals surface area contributed by atoms with Crippen molar-refractivity contribution in [2.45, 2.75) is 5.07 Å². The molecular weight excluding hydrogens is 254 g/mol. The zero-order valence-corrected chi connectivity index (χ0v) is 7.16. The topological polar surface area (TPSA) is 0 Å². The summed E-state index contributed by atoms with van der Waals surface area (Å²) in [6.07, 6.45) is 0. The van der Waals surface area contributed by atoms with Crippen molar-refractivity contribution in [3.63, 3.8) is 0 Å². The maximum atomic E-state index is 11.2. The van der Waals surface area contributed by atoms with Gasteiger partial charge in [-0.25, -0.2) is 0 Å². The Hall–Kier alpha value is 1.18. The van der Waals surface area contributed by atoms with E-state index >= 15 is 0 Å². The maximum absolute atomic E-state index is 11.2. The Balaban J connectivity index is 4.02. The van der Waals surface area contributed by atoms with Crippen molar-refractivity contribution in [1.29, 1.82) is 0 Å². The van der Waals surface area contributed by atoms with Crippen LogP contribution < -0.4 is 0 Å². The number of alkyl halides is 3. The molecule has 0 unspecified atom stereocenters. The summed E-state index contributed by atoms with van der Waals surface area (Å²) in [5, 5.41) is -4.61. The van der Waals surface area contributed by atoms with Crippen LogP contribution in [0.25, 0.3) is 0 Å². The van der Waals surface area contributed by atoms with Crippen LogP contribution in [0, 0.1) is 0 Å². The van der Waals surface area contributed by atoms with E-state index in [-0.39, 0.29) is 0 Å². The van der Waals surface area contributed by atoms with Crippen LogP contribution in [0.3, 0.4) is 0 Å². The van der Waals surface area contributed by atoms with Crippen LogP contribution in [-0.4, -0.2) is 15.2 Å². The summed E-state index contributed by atoms with van der Waals surface area (Å²) in [5.74, 6) is 0. The van der Waals surface area contributed by atoms with E-state index in [1.165, 1.54) is 0 Å². The van der Waals surface area contributed by atoms with Gasteiger partial charge in [-0.05, 0) is 0 Å². The summed E-state index contributed by atoms with van der Waals surface area (Å²) in [6, 6.07) is 0. The minimum atomic E-state index is -4.61. The van der Waals surface area contributed by atoms with Crippen molar-refractivity contribution < 1.29 is 13.2 Å². The van der Waals surface area contributed by atoms with Gasteiger partial charge in [-0.2, -0.15) is 0 Å². The summed E-state index contributed by atoms with van der Waals surface area (Å²) < 4.78 is 33.7. The molecule has 7 heteroatoms. The quantitative estimate of drug-likeness (QED) is 0.583. The molecule has 0 aliphatic carbocycles. The minimum absolute atomic E-state index is 4.57. The molecular formula is CCl3F3Se. The molecule has 0 aromatic rings. The molecule has 0 fully saturated rings. The van der Waals surface area contributed by atoms with E-state index in [0.717, 1.165) is 0 Å². The van der Waals surface area contributed by atoms with Gasteiger partial charge in [-0.1, -0.05) is 0 Å². The molecule has 0 atom stereocenters. The number of rotatable bonds is 0. The van der Waals surface area contributed by atoms with Gasteiger partial charge in [0, 0.05) is 0 Å². The molecule has 0 heterocycles. The molecule has 52 valence electrons. The molecule has 0 rings (SSSR count). The van der Waals surface area contributed by atoms with Crippen molar-refractivity contribution in [3.05, 3.63) is 0 Å². The van der Waals surface area contributed by atoms with Crippen LogP contribution in [0.4, 0.5) is 13.2 Å². The molecule has 0 bridgehead atoms. The number of halogens is 6. The molecule has 0 spiro atoms. The monoisotopic (exact) mass is 254 g/mol. The molecule has 0 amide bonds. The Morgan fingerprint density at radius 2 is 1.12 bits per heavy atom. The van der Waals surface area contributed by atoms with Gasteiger partial charge in [0.1, 0.15) is 0 Å².